The molecule has 3 aromatic rings. The number of aryl methyl sites for hydroxylation is 2. The van der Waals surface area contributed by atoms with E-state index in [2.05, 4.69) is 15.3 Å². The van der Waals surface area contributed by atoms with E-state index in [4.69, 9.17) is 11.6 Å². The van der Waals surface area contributed by atoms with Crippen LogP contribution >= 0.6 is 34.3 Å². The smallest absolute Gasteiger partial charge is 0.276 e. The molecular formula is C21H20ClFN4O2S2. The minimum atomic E-state index is -0.610. The Balaban J connectivity index is 1.38. The van der Waals surface area contributed by atoms with E-state index >= 15 is 0 Å². The first kappa shape index (κ1) is 21.9. The molecule has 1 N–H and O–H groups in total. The van der Waals surface area contributed by atoms with Crippen LogP contribution in [0.2, 0.25) is 5.02 Å². The van der Waals surface area contributed by atoms with Crippen molar-refractivity contribution < 1.29 is 14.0 Å². The summed E-state index contributed by atoms with van der Waals surface area (Å²) < 4.78 is 14.1. The Morgan fingerprint density at radius 3 is 2.61 bits per heavy atom. The van der Waals surface area contributed by atoms with Crippen LogP contribution in [-0.4, -0.2) is 39.8 Å². The summed E-state index contributed by atoms with van der Waals surface area (Å²) in [5, 5.41) is 6.09. The molecule has 1 aliphatic heterocycles. The van der Waals surface area contributed by atoms with Crippen molar-refractivity contribution in [3.05, 3.63) is 61.3 Å². The number of anilines is 1. The highest BCUT2D eigenvalue weighted by Crippen LogP contribution is 2.32. The molecule has 1 aromatic carbocycles. The Labute approximate surface area is 192 Å². The first-order valence-corrected chi connectivity index (χ1v) is 11.8. The zero-order valence-electron chi connectivity index (χ0n) is 16.9. The number of nitrogens with zero attached hydrogens (tertiary/aromatic N) is 3. The van der Waals surface area contributed by atoms with Gasteiger partial charge in [-0.15, -0.1) is 22.7 Å². The Hall–Kier alpha value is -2.36. The Morgan fingerprint density at radius 2 is 1.97 bits per heavy atom. The number of aromatic nitrogens is 2. The highest BCUT2D eigenvalue weighted by Gasteiger charge is 2.29. The van der Waals surface area contributed by atoms with Crippen LogP contribution < -0.4 is 5.32 Å². The van der Waals surface area contributed by atoms with Crippen molar-refractivity contribution in [2.24, 2.45) is 0 Å². The zero-order chi connectivity index (χ0) is 22.1. The minimum absolute atomic E-state index is 0.0801. The van der Waals surface area contributed by atoms with Gasteiger partial charge in [-0.25, -0.2) is 14.4 Å². The number of hydrogen-bond acceptors (Lipinski definition) is 6. The standard InChI is InChI=1S/C21H20ClFN4O2S2/c1-11-12(2)31-21(24-11)26-18(28)16-10-30-19(25-16)13-6-8-27(9-7-13)20(29)17-14(22)4-3-5-15(17)23/h3-5,10,13H,6-9H2,1-2H3,(H,24,26,28). The van der Waals surface area contributed by atoms with Crippen molar-refractivity contribution in [2.45, 2.75) is 32.6 Å². The molecule has 2 aromatic heterocycles. The number of nitrogens with one attached hydrogen (secondary N) is 1. The number of carbonyl (C=O) groups excluding carboxylic acids is 2. The second-order valence-corrected chi connectivity index (χ2v) is 9.85. The zero-order valence-corrected chi connectivity index (χ0v) is 19.3. The predicted molar refractivity (Wildman–Crippen MR) is 121 cm³/mol. The molecule has 0 atom stereocenters. The first-order valence-electron chi connectivity index (χ1n) is 9.77. The molecule has 162 valence electrons. The minimum Gasteiger partial charge on any atom is -0.338 e. The van der Waals surface area contributed by atoms with E-state index in [1.807, 2.05) is 13.8 Å². The number of halogens is 2. The average molecular weight is 479 g/mol. The molecule has 4 rings (SSSR count). The highest BCUT2D eigenvalue weighted by molar-refractivity contribution is 7.15. The maximum atomic E-state index is 14.1. The van der Waals surface area contributed by atoms with Crippen molar-refractivity contribution in [2.75, 3.05) is 18.4 Å². The SMILES string of the molecule is Cc1nc(NC(=O)c2csc(C3CCN(C(=O)c4c(F)cccc4Cl)CC3)n2)sc1C. The fourth-order valence-corrected chi connectivity index (χ4v) is 5.48. The summed E-state index contributed by atoms with van der Waals surface area (Å²) in [6.45, 7) is 4.82. The van der Waals surface area contributed by atoms with Crippen molar-refractivity contribution >= 4 is 51.2 Å². The van der Waals surface area contributed by atoms with Gasteiger partial charge in [-0.3, -0.25) is 14.9 Å². The van der Waals surface area contributed by atoms with Gasteiger partial charge in [0.25, 0.3) is 11.8 Å². The molecule has 0 radical (unpaired) electrons. The molecule has 0 saturated carbocycles. The molecule has 1 aliphatic rings. The number of hydrogen-bond donors (Lipinski definition) is 1. The van der Waals surface area contributed by atoms with Gasteiger partial charge in [0.2, 0.25) is 0 Å². The summed E-state index contributed by atoms with van der Waals surface area (Å²) >= 11 is 8.91. The fraction of sp³-hybridized carbons (Fsp3) is 0.333. The van der Waals surface area contributed by atoms with Gasteiger partial charge in [-0.2, -0.15) is 0 Å². The number of carbonyl (C=O) groups is 2. The summed E-state index contributed by atoms with van der Waals surface area (Å²) in [6, 6.07) is 4.23. The third-order valence-electron chi connectivity index (χ3n) is 5.31. The van der Waals surface area contributed by atoms with E-state index in [0.29, 0.717) is 36.8 Å². The number of piperidine rings is 1. The Kier molecular flexibility index (Phi) is 6.36. The summed E-state index contributed by atoms with van der Waals surface area (Å²) in [5.74, 6) is -1.13. The molecule has 0 unspecified atom stereocenters. The lowest BCUT2D eigenvalue weighted by Crippen LogP contribution is -2.38. The van der Waals surface area contributed by atoms with Gasteiger partial charge in [-0.1, -0.05) is 17.7 Å². The number of rotatable bonds is 4. The van der Waals surface area contributed by atoms with Crippen molar-refractivity contribution in [3.8, 4) is 0 Å². The van der Waals surface area contributed by atoms with Crippen LogP contribution in [0.25, 0.3) is 0 Å². The molecule has 2 amide bonds. The maximum absolute atomic E-state index is 14.1. The number of amides is 2. The molecule has 0 aliphatic carbocycles. The normalized spacial score (nSPS) is 14.6. The molecule has 0 bridgehead atoms. The van der Waals surface area contributed by atoms with Crippen molar-refractivity contribution in [3.63, 3.8) is 0 Å². The average Bonchev–Trinajstić information content (AvgIpc) is 3.35. The van der Waals surface area contributed by atoms with Gasteiger partial charge < -0.3 is 4.90 Å². The van der Waals surface area contributed by atoms with Crippen LogP contribution in [-0.2, 0) is 0 Å². The topological polar surface area (TPSA) is 75.2 Å². The molecule has 6 nitrogen and oxygen atoms in total. The fourth-order valence-electron chi connectivity index (χ4n) is 3.46. The van der Waals surface area contributed by atoms with E-state index < -0.39 is 11.7 Å². The number of likely N-dealkylation sites (tertiary alicyclic amines) is 1. The summed E-state index contributed by atoms with van der Waals surface area (Å²) in [5.41, 5.74) is 1.18. The van der Waals surface area contributed by atoms with E-state index in [1.165, 1.54) is 40.9 Å². The van der Waals surface area contributed by atoms with E-state index in [0.717, 1.165) is 15.6 Å². The van der Waals surface area contributed by atoms with Crippen LogP contribution in [0.3, 0.4) is 0 Å². The second kappa shape index (κ2) is 9.02. The summed E-state index contributed by atoms with van der Waals surface area (Å²) in [7, 11) is 0. The third-order valence-corrected chi connectivity index (χ3v) is 7.62. The lowest BCUT2D eigenvalue weighted by Gasteiger charge is -2.31. The molecule has 31 heavy (non-hydrogen) atoms. The second-order valence-electron chi connectivity index (χ2n) is 7.35. The highest BCUT2D eigenvalue weighted by atomic mass is 35.5. The van der Waals surface area contributed by atoms with Crippen molar-refractivity contribution in [1.29, 1.82) is 0 Å². The molecule has 1 fully saturated rings. The van der Waals surface area contributed by atoms with Gasteiger partial charge in [0.1, 0.15) is 11.5 Å². The lowest BCUT2D eigenvalue weighted by atomic mass is 9.97. The van der Waals surface area contributed by atoms with Gasteiger partial charge in [0, 0.05) is 29.3 Å². The maximum Gasteiger partial charge on any atom is 0.276 e. The molecular weight excluding hydrogens is 459 g/mol. The summed E-state index contributed by atoms with van der Waals surface area (Å²) in [4.78, 5) is 36.7. The van der Waals surface area contributed by atoms with Crippen LogP contribution in [0.5, 0.6) is 0 Å². The summed E-state index contributed by atoms with van der Waals surface area (Å²) in [6.07, 6.45) is 1.38. The van der Waals surface area contributed by atoms with Crippen LogP contribution in [0.15, 0.2) is 23.6 Å². The third kappa shape index (κ3) is 4.63. The van der Waals surface area contributed by atoms with Crippen LogP contribution in [0, 0.1) is 19.7 Å². The molecule has 3 heterocycles. The molecule has 0 spiro atoms. The van der Waals surface area contributed by atoms with Crippen LogP contribution in [0.1, 0.15) is 55.2 Å². The number of thiazole rings is 2. The van der Waals surface area contributed by atoms with Gasteiger partial charge >= 0.3 is 0 Å². The Bertz CT molecular complexity index is 1100. The van der Waals surface area contributed by atoms with Gasteiger partial charge in [-0.05, 0) is 38.8 Å². The lowest BCUT2D eigenvalue weighted by molar-refractivity contribution is 0.0708. The molecule has 1 saturated heterocycles. The largest absolute Gasteiger partial charge is 0.338 e. The first-order chi connectivity index (χ1) is 14.8. The monoisotopic (exact) mass is 478 g/mol. The Morgan fingerprint density at radius 1 is 1.23 bits per heavy atom. The van der Waals surface area contributed by atoms with E-state index in [-0.39, 0.29) is 22.4 Å². The van der Waals surface area contributed by atoms with E-state index in [9.17, 15) is 14.0 Å². The van der Waals surface area contributed by atoms with E-state index in [1.54, 1.807) is 10.3 Å². The predicted octanol–water partition coefficient (Wildman–Crippen LogP) is 5.28. The quantitative estimate of drug-likeness (QED) is 0.553. The van der Waals surface area contributed by atoms with Gasteiger partial charge in [0.15, 0.2) is 5.13 Å². The van der Waals surface area contributed by atoms with Gasteiger partial charge in [0.05, 0.1) is 21.3 Å². The van der Waals surface area contributed by atoms with Crippen molar-refractivity contribution in [1.82, 2.24) is 14.9 Å². The van der Waals surface area contributed by atoms with Crippen LogP contribution in [0.4, 0.5) is 9.52 Å². The molecule has 10 heteroatoms. The number of benzene rings is 1.